The van der Waals surface area contributed by atoms with Gasteiger partial charge in [-0.05, 0) is 12.1 Å². The summed E-state index contributed by atoms with van der Waals surface area (Å²) in [6.45, 7) is 1.01. The molecule has 16 heavy (non-hydrogen) atoms. The lowest BCUT2D eigenvalue weighted by molar-refractivity contribution is -0.247. The van der Waals surface area contributed by atoms with Gasteiger partial charge in [0.05, 0.1) is 0 Å². The van der Waals surface area contributed by atoms with Gasteiger partial charge in [-0.1, -0.05) is 6.07 Å². The highest BCUT2D eigenvalue weighted by Gasteiger charge is 2.37. The molecule has 1 aromatic rings. The second kappa shape index (κ2) is 6.44. The van der Waals surface area contributed by atoms with Crippen LogP contribution in [-0.2, 0) is 0 Å². The predicted molar refractivity (Wildman–Crippen MR) is 54.7 cm³/mol. The highest BCUT2D eigenvalue weighted by atomic mass is 19.4. The molecule has 6 heteroatoms. The first-order valence-corrected chi connectivity index (χ1v) is 4.98. The SMILES string of the molecule is FC(F)(F)N1CCNCC1.c1ccncc1. The van der Waals surface area contributed by atoms with E-state index in [-0.39, 0.29) is 13.1 Å². The summed E-state index contributed by atoms with van der Waals surface area (Å²) in [5.74, 6) is 0. The van der Waals surface area contributed by atoms with E-state index in [1.54, 1.807) is 12.4 Å². The van der Waals surface area contributed by atoms with Crippen molar-refractivity contribution in [1.29, 1.82) is 0 Å². The highest BCUT2D eigenvalue weighted by molar-refractivity contribution is 4.88. The third-order valence-corrected chi connectivity index (χ3v) is 2.04. The van der Waals surface area contributed by atoms with E-state index in [0.29, 0.717) is 18.0 Å². The van der Waals surface area contributed by atoms with Gasteiger partial charge in [-0.15, -0.1) is 0 Å². The fourth-order valence-corrected chi connectivity index (χ4v) is 1.23. The number of nitrogens with zero attached hydrogens (tertiary/aromatic N) is 2. The average molecular weight is 233 g/mol. The third-order valence-electron chi connectivity index (χ3n) is 2.04. The molecule has 0 atom stereocenters. The Hall–Kier alpha value is -1.14. The number of alkyl halides is 3. The molecule has 0 spiro atoms. The standard InChI is InChI=1S/C5H9F3N2.C5H5N/c6-5(7,8)10-3-1-9-2-4-10;1-2-4-6-5-3-1/h9H,1-4H2;1-5H. The minimum absolute atomic E-state index is 0.0729. The number of hydrogen-bond acceptors (Lipinski definition) is 3. The third kappa shape index (κ3) is 5.09. The molecular formula is C10H14F3N3. The summed E-state index contributed by atoms with van der Waals surface area (Å²) in [5, 5.41) is 2.85. The topological polar surface area (TPSA) is 28.2 Å². The van der Waals surface area contributed by atoms with E-state index in [2.05, 4.69) is 10.3 Å². The minimum atomic E-state index is -4.14. The summed E-state index contributed by atoms with van der Waals surface area (Å²) < 4.78 is 35.5. The van der Waals surface area contributed by atoms with E-state index >= 15 is 0 Å². The molecule has 0 unspecified atom stereocenters. The van der Waals surface area contributed by atoms with Crippen molar-refractivity contribution in [2.24, 2.45) is 0 Å². The van der Waals surface area contributed by atoms with Gasteiger partial charge in [-0.25, -0.2) is 4.90 Å². The number of hydrogen-bond donors (Lipinski definition) is 1. The summed E-state index contributed by atoms with van der Waals surface area (Å²) in [6, 6.07) is 5.72. The minimum Gasteiger partial charge on any atom is -0.314 e. The number of halogens is 3. The highest BCUT2D eigenvalue weighted by Crippen LogP contribution is 2.20. The molecule has 2 heterocycles. The molecule has 1 aliphatic rings. The van der Waals surface area contributed by atoms with Crippen LogP contribution in [0.4, 0.5) is 13.2 Å². The van der Waals surface area contributed by atoms with Crippen molar-refractivity contribution in [1.82, 2.24) is 15.2 Å². The maximum absolute atomic E-state index is 11.8. The first kappa shape index (κ1) is 12.9. The van der Waals surface area contributed by atoms with E-state index in [1.165, 1.54) is 0 Å². The molecule has 0 saturated carbocycles. The molecule has 1 fully saturated rings. The largest absolute Gasteiger partial charge is 0.460 e. The zero-order valence-corrected chi connectivity index (χ0v) is 8.74. The van der Waals surface area contributed by atoms with Crippen molar-refractivity contribution < 1.29 is 13.2 Å². The quantitative estimate of drug-likeness (QED) is 0.688. The number of piperazine rings is 1. The normalized spacial score (nSPS) is 17.4. The fourth-order valence-electron chi connectivity index (χ4n) is 1.23. The van der Waals surface area contributed by atoms with Crippen molar-refractivity contribution >= 4 is 0 Å². The van der Waals surface area contributed by atoms with Crippen LogP contribution in [-0.4, -0.2) is 42.4 Å². The van der Waals surface area contributed by atoms with Crippen LogP contribution in [0.15, 0.2) is 30.6 Å². The summed E-state index contributed by atoms with van der Waals surface area (Å²) in [5.41, 5.74) is 0. The molecule has 2 rings (SSSR count). The van der Waals surface area contributed by atoms with E-state index in [0.717, 1.165) is 0 Å². The van der Waals surface area contributed by atoms with E-state index < -0.39 is 6.30 Å². The summed E-state index contributed by atoms with van der Waals surface area (Å²) >= 11 is 0. The molecule has 0 bridgehead atoms. The molecule has 0 amide bonds. The van der Waals surface area contributed by atoms with Gasteiger partial charge in [0.2, 0.25) is 0 Å². The maximum atomic E-state index is 11.8. The van der Waals surface area contributed by atoms with Crippen LogP contribution >= 0.6 is 0 Å². The number of pyridine rings is 1. The predicted octanol–water partition coefficient (Wildman–Crippen LogP) is 1.49. The zero-order valence-electron chi connectivity index (χ0n) is 8.74. The van der Waals surface area contributed by atoms with Crippen molar-refractivity contribution in [3.8, 4) is 0 Å². The zero-order chi connectivity index (χ0) is 11.9. The van der Waals surface area contributed by atoms with Gasteiger partial charge in [-0.3, -0.25) is 4.98 Å². The van der Waals surface area contributed by atoms with Gasteiger partial charge in [0, 0.05) is 38.6 Å². The van der Waals surface area contributed by atoms with Crippen LogP contribution in [0, 0.1) is 0 Å². The lowest BCUT2D eigenvalue weighted by Crippen LogP contribution is -2.50. The maximum Gasteiger partial charge on any atom is 0.460 e. The van der Waals surface area contributed by atoms with Crippen LogP contribution in [0.2, 0.25) is 0 Å². The van der Waals surface area contributed by atoms with Crippen LogP contribution in [0.1, 0.15) is 0 Å². The summed E-state index contributed by atoms with van der Waals surface area (Å²) in [4.78, 5) is 4.30. The Morgan fingerprint density at radius 1 is 1.00 bits per heavy atom. The lowest BCUT2D eigenvalue weighted by Gasteiger charge is -2.28. The van der Waals surface area contributed by atoms with E-state index in [4.69, 9.17) is 0 Å². The molecule has 0 radical (unpaired) electrons. The van der Waals surface area contributed by atoms with Crippen LogP contribution < -0.4 is 5.32 Å². The molecule has 3 nitrogen and oxygen atoms in total. The Labute approximate surface area is 92.3 Å². The Balaban J connectivity index is 0.000000181. The second-order valence-electron chi connectivity index (χ2n) is 3.23. The van der Waals surface area contributed by atoms with Gasteiger partial charge >= 0.3 is 6.30 Å². The molecule has 1 N–H and O–H groups in total. The molecular weight excluding hydrogens is 219 g/mol. The smallest absolute Gasteiger partial charge is 0.314 e. The van der Waals surface area contributed by atoms with Gasteiger partial charge < -0.3 is 5.32 Å². The first-order chi connectivity index (χ1) is 7.61. The van der Waals surface area contributed by atoms with Crippen LogP contribution in [0.3, 0.4) is 0 Å². The van der Waals surface area contributed by atoms with E-state index in [1.807, 2.05) is 18.2 Å². The Kier molecular flexibility index (Phi) is 5.21. The second-order valence-corrected chi connectivity index (χ2v) is 3.23. The van der Waals surface area contributed by atoms with Gasteiger partial charge in [0.25, 0.3) is 0 Å². The summed E-state index contributed by atoms with van der Waals surface area (Å²) in [7, 11) is 0. The van der Waals surface area contributed by atoms with Gasteiger partial charge in [0.15, 0.2) is 0 Å². The Bertz CT molecular complexity index is 244. The fraction of sp³-hybridized carbons (Fsp3) is 0.500. The van der Waals surface area contributed by atoms with Crippen molar-refractivity contribution in [2.75, 3.05) is 26.2 Å². The summed E-state index contributed by atoms with van der Waals surface area (Å²) in [6.07, 6.45) is -0.637. The molecule has 1 aliphatic heterocycles. The van der Waals surface area contributed by atoms with Crippen molar-refractivity contribution in [3.63, 3.8) is 0 Å². The van der Waals surface area contributed by atoms with Crippen molar-refractivity contribution in [3.05, 3.63) is 30.6 Å². The Morgan fingerprint density at radius 2 is 1.56 bits per heavy atom. The van der Waals surface area contributed by atoms with Crippen molar-refractivity contribution in [2.45, 2.75) is 6.30 Å². The molecule has 0 aliphatic carbocycles. The molecule has 1 saturated heterocycles. The van der Waals surface area contributed by atoms with E-state index in [9.17, 15) is 13.2 Å². The number of aromatic nitrogens is 1. The first-order valence-electron chi connectivity index (χ1n) is 4.98. The van der Waals surface area contributed by atoms with Crippen LogP contribution in [0.25, 0.3) is 0 Å². The number of nitrogens with one attached hydrogen (secondary N) is 1. The van der Waals surface area contributed by atoms with Crippen LogP contribution in [0.5, 0.6) is 0 Å². The molecule has 0 aromatic carbocycles. The monoisotopic (exact) mass is 233 g/mol. The van der Waals surface area contributed by atoms with Gasteiger partial charge in [0.1, 0.15) is 0 Å². The molecule has 1 aromatic heterocycles. The molecule has 90 valence electrons. The Morgan fingerprint density at radius 3 is 1.81 bits per heavy atom. The lowest BCUT2D eigenvalue weighted by atomic mass is 10.4. The number of rotatable bonds is 0. The van der Waals surface area contributed by atoms with Gasteiger partial charge in [-0.2, -0.15) is 13.2 Å². The average Bonchev–Trinajstić information content (AvgIpc) is 2.32.